The summed E-state index contributed by atoms with van der Waals surface area (Å²) in [5.74, 6) is -6.57. The van der Waals surface area contributed by atoms with Gasteiger partial charge in [0.1, 0.15) is 22.8 Å². The van der Waals surface area contributed by atoms with Gasteiger partial charge in [-0.25, -0.2) is 0 Å². The number of carbonyl (C=O) groups is 3. The molecule has 1 amide bonds. The fourth-order valence-electron chi connectivity index (χ4n) is 6.51. The number of rotatable bonds is 5. The Morgan fingerprint density at radius 3 is 2.33 bits per heavy atom. The van der Waals surface area contributed by atoms with Crippen molar-refractivity contribution in [3.05, 3.63) is 81.3 Å². The molecule has 0 fully saturated rings. The molecule has 0 unspecified atom stereocenters. The largest absolute Gasteiger partial charge is 0.510 e. The standard InChI is InChI=1S/C29H31N3O7/c1-32(2)23-18-12-15-11-17-14(6-3-13-4-8-16(30)9-5-13)7-10-19(33)21(17)24(34)20(15)26(36)29(18,39)27(37)22(25(23)35)28(31)38/h4-5,7-10,15,18,23,33,35-36,39H,3,6,11-12,30H2,1-2H3,(H2,31,38)/t15-,18-,23-,29-/m0/s1. The van der Waals surface area contributed by atoms with Crippen LogP contribution in [0.5, 0.6) is 5.75 Å². The predicted molar refractivity (Wildman–Crippen MR) is 142 cm³/mol. The number of ketones is 2. The van der Waals surface area contributed by atoms with Crippen LogP contribution in [0.25, 0.3) is 0 Å². The van der Waals surface area contributed by atoms with Crippen LogP contribution in [0.2, 0.25) is 0 Å². The third-order valence-corrected chi connectivity index (χ3v) is 8.37. The van der Waals surface area contributed by atoms with E-state index in [1.807, 2.05) is 24.3 Å². The number of nitrogens with zero attached hydrogens (tertiary/aromatic N) is 1. The van der Waals surface area contributed by atoms with E-state index in [0.717, 1.165) is 11.1 Å². The van der Waals surface area contributed by atoms with Crippen molar-refractivity contribution < 1.29 is 34.8 Å². The van der Waals surface area contributed by atoms with Crippen molar-refractivity contribution in [3.8, 4) is 5.75 Å². The number of nitrogens with two attached hydrogens (primary N) is 2. The molecule has 0 aliphatic heterocycles. The number of primary amides is 1. The van der Waals surface area contributed by atoms with Crippen molar-refractivity contribution >= 4 is 23.2 Å². The molecule has 0 heterocycles. The van der Waals surface area contributed by atoms with E-state index < -0.39 is 58.0 Å². The summed E-state index contributed by atoms with van der Waals surface area (Å²) in [7, 11) is 3.20. The maximum Gasteiger partial charge on any atom is 0.255 e. The van der Waals surface area contributed by atoms with Gasteiger partial charge in [0.25, 0.3) is 5.91 Å². The van der Waals surface area contributed by atoms with Crippen molar-refractivity contribution in [2.75, 3.05) is 19.8 Å². The number of hydrogen-bond donors (Lipinski definition) is 6. The van der Waals surface area contributed by atoms with Crippen LogP contribution in [-0.2, 0) is 28.9 Å². The minimum absolute atomic E-state index is 0.0191. The van der Waals surface area contributed by atoms with E-state index in [0.29, 0.717) is 24.1 Å². The van der Waals surface area contributed by atoms with Gasteiger partial charge in [0.2, 0.25) is 5.78 Å². The molecule has 0 aromatic heterocycles. The average molecular weight is 534 g/mol. The van der Waals surface area contributed by atoms with Crippen LogP contribution in [0.1, 0.15) is 33.5 Å². The lowest BCUT2D eigenvalue weighted by Crippen LogP contribution is -2.63. The molecule has 2 aromatic carbocycles. The number of benzene rings is 2. The molecule has 3 aliphatic carbocycles. The van der Waals surface area contributed by atoms with Crippen molar-refractivity contribution in [2.24, 2.45) is 17.6 Å². The second-order valence-corrected chi connectivity index (χ2v) is 10.8. The van der Waals surface area contributed by atoms with Crippen LogP contribution in [0.3, 0.4) is 0 Å². The molecule has 2 aromatic rings. The number of anilines is 1. The highest BCUT2D eigenvalue weighted by molar-refractivity contribution is 6.24. The van der Waals surface area contributed by atoms with E-state index in [4.69, 9.17) is 11.5 Å². The van der Waals surface area contributed by atoms with Gasteiger partial charge in [0, 0.05) is 17.2 Å². The number of aliphatic hydroxyl groups is 3. The van der Waals surface area contributed by atoms with E-state index in [1.54, 1.807) is 20.2 Å². The number of aromatic hydroxyl groups is 1. The van der Waals surface area contributed by atoms with Crippen molar-refractivity contribution in [1.82, 2.24) is 4.90 Å². The van der Waals surface area contributed by atoms with Gasteiger partial charge in [-0.2, -0.15) is 0 Å². The van der Waals surface area contributed by atoms with E-state index in [-0.39, 0.29) is 29.7 Å². The molecule has 0 spiro atoms. The second kappa shape index (κ2) is 9.25. The average Bonchev–Trinajstić information content (AvgIpc) is 2.86. The number of likely N-dealkylation sites (N-methyl/N-ethyl adjacent to an activating group) is 1. The molecule has 4 atom stereocenters. The van der Waals surface area contributed by atoms with Gasteiger partial charge < -0.3 is 31.9 Å². The van der Waals surface area contributed by atoms with Gasteiger partial charge in [0.15, 0.2) is 11.4 Å². The lowest BCUT2D eigenvalue weighted by Gasteiger charge is -2.50. The predicted octanol–water partition coefficient (Wildman–Crippen LogP) is 1.49. The van der Waals surface area contributed by atoms with E-state index in [9.17, 15) is 34.8 Å². The van der Waals surface area contributed by atoms with Crippen LogP contribution in [0.15, 0.2) is 59.1 Å². The number of allylic oxidation sites excluding steroid dienone is 1. The van der Waals surface area contributed by atoms with Crippen LogP contribution in [0, 0.1) is 11.8 Å². The van der Waals surface area contributed by atoms with Crippen molar-refractivity contribution in [1.29, 1.82) is 0 Å². The van der Waals surface area contributed by atoms with Crippen LogP contribution >= 0.6 is 0 Å². The number of aliphatic hydroxyl groups excluding tert-OH is 2. The molecule has 10 heteroatoms. The van der Waals surface area contributed by atoms with Gasteiger partial charge in [-0.1, -0.05) is 18.2 Å². The maximum atomic E-state index is 13.8. The number of phenols is 1. The normalized spacial score (nSPS) is 26.4. The highest BCUT2D eigenvalue weighted by Gasteiger charge is 2.63. The van der Waals surface area contributed by atoms with Gasteiger partial charge in [0.05, 0.1) is 11.6 Å². The third-order valence-electron chi connectivity index (χ3n) is 8.37. The molecule has 8 N–H and O–H groups in total. The Kier molecular flexibility index (Phi) is 6.27. The first-order chi connectivity index (χ1) is 18.4. The molecule has 3 aliphatic rings. The summed E-state index contributed by atoms with van der Waals surface area (Å²) < 4.78 is 0. The Morgan fingerprint density at radius 2 is 1.72 bits per heavy atom. The van der Waals surface area contributed by atoms with Gasteiger partial charge in [-0.05, 0) is 80.6 Å². The van der Waals surface area contributed by atoms with Crippen molar-refractivity contribution in [2.45, 2.75) is 37.3 Å². The van der Waals surface area contributed by atoms with Gasteiger partial charge in [-0.3, -0.25) is 19.3 Å². The lowest BCUT2D eigenvalue weighted by atomic mass is 9.58. The highest BCUT2D eigenvalue weighted by Crippen LogP contribution is 2.52. The Bertz CT molecular complexity index is 1470. The topological polar surface area (TPSA) is 187 Å². The number of fused-ring (bicyclic) bond motifs is 3. The monoisotopic (exact) mass is 533 g/mol. The molecule has 39 heavy (non-hydrogen) atoms. The number of Topliss-reactive ketones (excluding diaryl/α,β-unsaturated/α-hetero) is 2. The lowest BCUT2D eigenvalue weighted by molar-refractivity contribution is -0.148. The Balaban J connectivity index is 1.60. The minimum atomic E-state index is -2.65. The van der Waals surface area contributed by atoms with E-state index >= 15 is 0 Å². The smallest absolute Gasteiger partial charge is 0.255 e. The number of amides is 1. The van der Waals surface area contributed by atoms with Crippen LogP contribution in [-0.4, -0.2) is 68.5 Å². The molecule has 0 bridgehead atoms. The zero-order valence-electron chi connectivity index (χ0n) is 21.6. The highest BCUT2D eigenvalue weighted by atomic mass is 16.3. The first-order valence-electron chi connectivity index (χ1n) is 12.7. The molecular formula is C29H31N3O7. The summed E-state index contributed by atoms with van der Waals surface area (Å²) in [6.07, 6.45) is 1.56. The quantitative estimate of drug-likeness (QED) is 0.244. The Labute approximate surface area is 224 Å². The SMILES string of the molecule is CN(C)[C@@H]1C(O)=C(C(N)=O)C(=O)[C@@]2(O)C(O)=C3C(=O)c4c(O)ccc(CCc5ccc(N)cc5)c4C[C@H]3C[C@@H]12. The molecule has 5 rings (SSSR count). The summed E-state index contributed by atoms with van der Waals surface area (Å²) in [5, 5.41) is 44.6. The first-order valence-corrected chi connectivity index (χ1v) is 12.7. The molecule has 0 radical (unpaired) electrons. The summed E-state index contributed by atoms with van der Waals surface area (Å²) in [5.41, 5.74) is 10.7. The maximum absolute atomic E-state index is 13.8. The molecule has 0 saturated carbocycles. The number of hydrogen-bond acceptors (Lipinski definition) is 9. The van der Waals surface area contributed by atoms with E-state index in [2.05, 4.69) is 0 Å². The summed E-state index contributed by atoms with van der Waals surface area (Å²) in [6, 6.07) is 9.65. The third kappa shape index (κ3) is 3.90. The summed E-state index contributed by atoms with van der Waals surface area (Å²) >= 11 is 0. The van der Waals surface area contributed by atoms with Crippen molar-refractivity contribution in [3.63, 3.8) is 0 Å². The number of aryl methyl sites for hydroxylation is 2. The zero-order chi connectivity index (χ0) is 28.4. The number of nitrogen functional groups attached to an aromatic ring is 1. The van der Waals surface area contributed by atoms with Gasteiger partial charge in [-0.15, -0.1) is 0 Å². The minimum Gasteiger partial charge on any atom is -0.510 e. The molecular weight excluding hydrogens is 502 g/mol. The number of phenolic OH excluding ortho intramolecular Hbond substituents is 1. The second-order valence-electron chi connectivity index (χ2n) is 10.8. The zero-order valence-corrected chi connectivity index (χ0v) is 21.6. The fraction of sp³-hybridized carbons (Fsp3) is 0.345. The van der Waals surface area contributed by atoms with Gasteiger partial charge >= 0.3 is 0 Å². The Morgan fingerprint density at radius 1 is 1.05 bits per heavy atom. The fourth-order valence-corrected chi connectivity index (χ4v) is 6.51. The molecule has 204 valence electrons. The number of carbonyl (C=O) groups excluding carboxylic acids is 3. The van der Waals surface area contributed by atoms with E-state index in [1.165, 1.54) is 11.0 Å². The van der Waals surface area contributed by atoms with Crippen LogP contribution < -0.4 is 11.5 Å². The molecule has 0 saturated heterocycles. The van der Waals surface area contributed by atoms with Crippen LogP contribution in [0.4, 0.5) is 5.69 Å². The Hall–Kier alpha value is -4.15. The first kappa shape index (κ1) is 26.5. The summed E-state index contributed by atoms with van der Waals surface area (Å²) in [4.78, 5) is 40.8. The summed E-state index contributed by atoms with van der Waals surface area (Å²) in [6.45, 7) is 0. The molecule has 10 nitrogen and oxygen atoms in total.